The third kappa shape index (κ3) is 4.00. The molecule has 0 bridgehead atoms. The number of rotatable bonds is 3. The summed E-state index contributed by atoms with van der Waals surface area (Å²) in [7, 11) is 1.34. The van der Waals surface area contributed by atoms with Crippen molar-refractivity contribution in [1.29, 1.82) is 0 Å². The van der Waals surface area contributed by atoms with Crippen molar-refractivity contribution in [3.8, 4) is 0 Å². The summed E-state index contributed by atoms with van der Waals surface area (Å²) in [5.41, 5.74) is 1.28. The van der Waals surface area contributed by atoms with Gasteiger partial charge in [-0.25, -0.2) is 9.86 Å². The van der Waals surface area contributed by atoms with Crippen LogP contribution in [0, 0.1) is 0 Å². The third-order valence-electron chi connectivity index (χ3n) is 4.47. The van der Waals surface area contributed by atoms with Crippen LogP contribution in [-0.2, 0) is 29.1 Å². The molecule has 3 rings (SSSR count). The molecule has 2 atom stereocenters. The number of fused-ring (bicyclic) bond motifs is 3. The second-order valence-corrected chi connectivity index (χ2v) is 6.58. The number of aromatic nitrogens is 2. The van der Waals surface area contributed by atoms with Gasteiger partial charge in [0.25, 0.3) is 5.91 Å². The van der Waals surface area contributed by atoms with Crippen molar-refractivity contribution < 1.29 is 37.4 Å². The molecule has 2 amide bonds. The van der Waals surface area contributed by atoms with Crippen LogP contribution < -0.4 is 0 Å². The SMILES string of the molecule is C[C@@H]1Cc2nn3c(c2CN1C(=O)O)C(=O)N(C)OC(COCC(F)(F)F)C3. The molecule has 0 fully saturated rings. The summed E-state index contributed by atoms with van der Waals surface area (Å²) in [4.78, 5) is 30.6. The van der Waals surface area contributed by atoms with Gasteiger partial charge >= 0.3 is 12.3 Å². The van der Waals surface area contributed by atoms with Crippen LogP contribution in [0.15, 0.2) is 0 Å². The number of carbonyl (C=O) groups is 2. The lowest BCUT2D eigenvalue weighted by Crippen LogP contribution is -2.42. The number of carbonyl (C=O) groups excluding carboxylic acids is 1. The predicted octanol–water partition coefficient (Wildman–Crippen LogP) is 1.27. The number of ether oxygens (including phenoxy) is 1. The molecule has 150 valence electrons. The topological polar surface area (TPSA) is 97.1 Å². The summed E-state index contributed by atoms with van der Waals surface area (Å²) in [6, 6.07) is -0.302. The first kappa shape index (κ1) is 19.4. The zero-order valence-electron chi connectivity index (χ0n) is 14.7. The van der Waals surface area contributed by atoms with Gasteiger partial charge < -0.3 is 14.7 Å². The normalized spacial score (nSPS) is 23.1. The zero-order valence-corrected chi connectivity index (χ0v) is 14.7. The number of hydrogen-bond acceptors (Lipinski definition) is 5. The molecule has 9 nitrogen and oxygen atoms in total. The van der Waals surface area contributed by atoms with Crippen molar-refractivity contribution in [2.24, 2.45) is 0 Å². The number of hydroxylamine groups is 2. The van der Waals surface area contributed by atoms with E-state index in [4.69, 9.17) is 4.84 Å². The number of hydrogen-bond donors (Lipinski definition) is 1. The van der Waals surface area contributed by atoms with Gasteiger partial charge in [0.15, 0.2) is 0 Å². The Bertz CT molecular complexity index is 751. The summed E-state index contributed by atoms with van der Waals surface area (Å²) in [5, 5.41) is 14.6. The lowest BCUT2D eigenvalue weighted by Gasteiger charge is -2.30. The van der Waals surface area contributed by atoms with Crippen LogP contribution >= 0.6 is 0 Å². The monoisotopic (exact) mass is 392 g/mol. The first-order valence-electron chi connectivity index (χ1n) is 8.24. The number of alkyl halides is 3. The molecular formula is C15H19F3N4O5. The van der Waals surface area contributed by atoms with Crippen LogP contribution in [0.1, 0.15) is 28.7 Å². The second-order valence-electron chi connectivity index (χ2n) is 6.58. The largest absolute Gasteiger partial charge is 0.465 e. The van der Waals surface area contributed by atoms with E-state index in [2.05, 4.69) is 9.84 Å². The molecule has 0 radical (unpaired) electrons. The molecule has 1 unspecified atom stereocenters. The molecule has 1 aromatic rings. The molecule has 0 saturated carbocycles. The minimum Gasteiger partial charge on any atom is -0.465 e. The minimum absolute atomic E-state index is 0.00991. The predicted molar refractivity (Wildman–Crippen MR) is 82.8 cm³/mol. The molecule has 2 aliphatic heterocycles. The molecule has 1 N–H and O–H groups in total. The Morgan fingerprint density at radius 1 is 1.44 bits per heavy atom. The zero-order chi connectivity index (χ0) is 19.9. The van der Waals surface area contributed by atoms with Gasteiger partial charge in [-0.2, -0.15) is 18.3 Å². The summed E-state index contributed by atoms with van der Waals surface area (Å²) in [6.07, 6.45) is -6.07. The first-order chi connectivity index (χ1) is 12.6. The number of halogens is 3. The highest BCUT2D eigenvalue weighted by Crippen LogP contribution is 2.28. The first-order valence-corrected chi connectivity index (χ1v) is 8.24. The van der Waals surface area contributed by atoms with E-state index in [0.717, 1.165) is 5.06 Å². The van der Waals surface area contributed by atoms with Crippen LogP contribution in [0.25, 0.3) is 0 Å². The molecule has 0 aromatic carbocycles. The van der Waals surface area contributed by atoms with Crippen molar-refractivity contribution >= 4 is 12.0 Å². The summed E-state index contributed by atoms with van der Waals surface area (Å²) < 4.78 is 42.8. The maximum absolute atomic E-state index is 12.7. The standard InChI is InChI=1S/C15H19F3N4O5/c1-8-3-11-10(5-21(8)14(24)25)12-13(23)20(2)27-9(4-22(12)19-11)6-26-7-15(16,17)18/h8-9H,3-7H2,1-2H3,(H,24,25)/t8-,9?/m1/s1. The summed E-state index contributed by atoms with van der Waals surface area (Å²) in [5.74, 6) is -0.540. The lowest BCUT2D eigenvalue weighted by molar-refractivity contribution is -0.202. The van der Waals surface area contributed by atoms with Gasteiger partial charge in [-0.1, -0.05) is 0 Å². The highest BCUT2D eigenvalue weighted by atomic mass is 19.4. The van der Waals surface area contributed by atoms with Crippen molar-refractivity contribution in [2.45, 2.75) is 44.8 Å². The van der Waals surface area contributed by atoms with Gasteiger partial charge in [-0.15, -0.1) is 0 Å². The van der Waals surface area contributed by atoms with Crippen LogP contribution in [0.2, 0.25) is 0 Å². The smallest absolute Gasteiger partial charge is 0.411 e. The number of nitrogens with zero attached hydrogens (tertiary/aromatic N) is 4. The fourth-order valence-corrected chi connectivity index (χ4v) is 3.26. The summed E-state index contributed by atoms with van der Waals surface area (Å²) in [6.45, 7) is -0.0308. The fraction of sp³-hybridized carbons (Fsp3) is 0.667. The van der Waals surface area contributed by atoms with Crippen LogP contribution in [0.5, 0.6) is 0 Å². The Hall–Kier alpha value is -2.34. The van der Waals surface area contributed by atoms with E-state index in [1.165, 1.54) is 16.6 Å². The maximum atomic E-state index is 12.7. The molecule has 0 saturated heterocycles. The van der Waals surface area contributed by atoms with E-state index < -0.39 is 30.9 Å². The molecular weight excluding hydrogens is 373 g/mol. The highest BCUT2D eigenvalue weighted by molar-refractivity contribution is 5.94. The molecule has 0 spiro atoms. The van der Waals surface area contributed by atoms with E-state index in [0.29, 0.717) is 17.7 Å². The highest BCUT2D eigenvalue weighted by Gasteiger charge is 2.38. The molecule has 1 aromatic heterocycles. The van der Waals surface area contributed by atoms with Gasteiger partial charge in [0.1, 0.15) is 18.4 Å². The van der Waals surface area contributed by atoms with Crippen LogP contribution in [0.3, 0.4) is 0 Å². The average Bonchev–Trinajstić information content (AvgIpc) is 2.82. The molecule has 0 aliphatic carbocycles. The molecule has 2 aliphatic rings. The van der Waals surface area contributed by atoms with Crippen LogP contribution in [0.4, 0.5) is 18.0 Å². The fourth-order valence-electron chi connectivity index (χ4n) is 3.26. The number of amides is 2. The van der Waals surface area contributed by atoms with Gasteiger partial charge in [0, 0.05) is 25.1 Å². The minimum atomic E-state index is -4.46. The van der Waals surface area contributed by atoms with Crippen molar-refractivity contribution in [3.63, 3.8) is 0 Å². The van der Waals surface area contributed by atoms with Crippen LogP contribution in [-0.4, -0.2) is 75.4 Å². The van der Waals surface area contributed by atoms with Crippen molar-refractivity contribution in [2.75, 3.05) is 20.3 Å². The van der Waals surface area contributed by atoms with E-state index in [9.17, 15) is 27.9 Å². The quantitative estimate of drug-likeness (QED) is 0.832. The Labute approximate surface area is 152 Å². The van der Waals surface area contributed by atoms with Gasteiger partial charge in [0.2, 0.25) is 0 Å². The Morgan fingerprint density at radius 2 is 2.15 bits per heavy atom. The Balaban J connectivity index is 1.84. The lowest BCUT2D eigenvalue weighted by atomic mass is 10.00. The Kier molecular flexibility index (Phi) is 5.04. The van der Waals surface area contributed by atoms with Gasteiger partial charge in [-0.05, 0) is 6.92 Å². The van der Waals surface area contributed by atoms with E-state index >= 15 is 0 Å². The van der Waals surface area contributed by atoms with Crippen molar-refractivity contribution in [3.05, 3.63) is 17.0 Å². The number of carboxylic acid groups (broad SMARTS) is 1. The summed E-state index contributed by atoms with van der Waals surface area (Å²) >= 11 is 0. The molecule has 3 heterocycles. The van der Waals surface area contributed by atoms with E-state index in [-0.39, 0.29) is 31.4 Å². The van der Waals surface area contributed by atoms with Gasteiger partial charge in [0.05, 0.1) is 25.4 Å². The molecule has 27 heavy (non-hydrogen) atoms. The third-order valence-corrected chi connectivity index (χ3v) is 4.47. The maximum Gasteiger partial charge on any atom is 0.411 e. The Morgan fingerprint density at radius 3 is 2.78 bits per heavy atom. The molecule has 12 heteroatoms. The van der Waals surface area contributed by atoms with Gasteiger partial charge in [-0.3, -0.25) is 14.3 Å². The second kappa shape index (κ2) is 7.00. The van der Waals surface area contributed by atoms with Crippen molar-refractivity contribution in [1.82, 2.24) is 19.7 Å². The van der Waals surface area contributed by atoms with E-state index in [1.807, 2.05) is 0 Å². The average molecular weight is 392 g/mol. The van der Waals surface area contributed by atoms with E-state index in [1.54, 1.807) is 6.92 Å².